The second-order valence-corrected chi connectivity index (χ2v) is 8.11. The van der Waals surface area contributed by atoms with E-state index in [0.29, 0.717) is 17.1 Å². The standard InChI is InChI=1S/C23H31N7O2/c1-3-29-10-5-11-30(15-14-29)13-12-28(2)20-9-8-17(16-25-20)22-26-18-6-4-7-19(21(18)27-22)32-23(24)31/h4,6-9,16H,3,5,10-15H2,1-2H3,(H2,24,31)(H,26,27). The van der Waals surface area contributed by atoms with Crippen LogP contribution >= 0.6 is 0 Å². The number of fused-ring (bicyclic) bond motifs is 1. The molecular formula is C23H31N7O2. The molecule has 0 atom stereocenters. The summed E-state index contributed by atoms with van der Waals surface area (Å²) in [5.41, 5.74) is 7.33. The van der Waals surface area contributed by atoms with Gasteiger partial charge in [-0.15, -0.1) is 0 Å². The zero-order valence-corrected chi connectivity index (χ0v) is 18.8. The Kier molecular flexibility index (Phi) is 6.87. The lowest BCUT2D eigenvalue weighted by molar-refractivity contribution is 0.211. The number of para-hydroxylation sites is 1. The Morgan fingerprint density at radius 3 is 2.75 bits per heavy atom. The minimum Gasteiger partial charge on any atom is -0.408 e. The number of nitrogens with zero attached hydrogens (tertiary/aromatic N) is 5. The van der Waals surface area contributed by atoms with Crippen LogP contribution in [0.5, 0.6) is 5.75 Å². The van der Waals surface area contributed by atoms with Gasteiger partial charge < -0.3 is 30.2 Å². The van der Waals surface area contributed by atoms with Gasteiger partial charge in [-0.05, 0) is 50.3 Å². The Morgan fingerprint density at radius 2 is 2.00 bits per heavy atom. The van der Waals surface area contributed by atoms with Crippen molar-refractivity contribution in [2.45, 2.75) is 13.3 Å². The van der Waals surface area contributed by atoms with E-state index in [2.05, 4.69) is 43.6 Å². The summed E-state index contributed by atoms with van der Waals surface area (Å²) in [4.78, 5) is 30.8. The number of pyridine rings is 1. The molecule has 1 saturated heterocycles. The number of hydrogen-bond donors (Lipinski definition) is 2. The molecule has 3 aromatic rings. The average Bonchev–Trinajstić information content (AvgIpc) is 3.10. The van der Waals surface area contributed by atoms with Crippen LogP contribution in [0.2, 0.25) is 0 Å². The molecule has 1 amide bonds. The fourth-order valence-corrected chi connectivity index (χ4v) is 4.06. The number of benzene rings is 1. The molecule has 9 nitrogen and oxygen atoms in total. The fourth-order valence-electron chi connectivity index (χ4n) is 4.06. The zero-order valence-electron chi connectivity index (χ0n) is 18.8. The summed E-state index contributed by atoms with van der Waals surface area (Å²) in [7, 11) is 2.08. The molecule has 2 aromatic heterocycles. The van der Waals surface area contributed by atoms with E-state index >= 15 is 0 Å². The fraction of sp³-hybridized carbons (Fsp3) is 0.435. The number of anilines is 1. The van der Waals surface area contributed by atoms with Gasteiger partial charge in [0.25, 0.3) is 0 Å². The van der Waals surface area contributed by atoms with Crippen LogP contribution in [0, 0.1) is 0 Å². The molecule has 1 aliphatic heterocycles. The number of rotatable bonds is 7. The lowest BCUT2D eigenvalue weighted by atomic mass is 10.2. The number of H-pyrrole nitrogens is 1. The number of nitrogens with one attached hydrogen (secondary N) is 1. The first-order valence-electron chi connectivity index (χ1n) is 11.1. The van der Waals surface area contributed by atoms with Crippen LogP contribution in [0.1, 0.15) is 13.3 Å². The molecule has 0 spiro atoms. The van der Waals surface area contributed by atoms with Gasteiger partial charge in [0.05, 0.1) is 5.52 Å². The maximum atomic E-state index is 11.1. The normalized spacial score (nSPS) is 15.6. The van der Waals surface area contributed by atoms with E-state index in [1.54, 1.807) is 12.1 Å². The third-order valence-electron chi connectivity index (χ3n) is 5.98. The van der Waals surface area contributed by atoms with Gasteiger partial charge in [-0.3, -0.25) is 0 Å². The first kappa shape index (κ1) is 22.0. The molecule has 1 fully saturated rings. The summed E-state index contributed by atoms with van der Waals surface area (Å²) < 4.78 is 5.05. The second kappa shape index (κ2) is 9.97. The van der Waals surface area contributed by atoms with Crippen molar-refractivity contribution in [3.8, 4) is 17.1 Å². The number of primary amides is 1. The molecule has 9 heteroatoms. The van der Waals surface area contributed by atoms with E-state index in [4.69, 9.17) is 10.5 Å². The molecule has 0 aliphatic carbocycles. The number of carbonyl (C=O) groups is 1. The zero-order chi connectivity index (χ0) is 22.5. The summed E-state index contributed by atoms with van der Waals surface area (Å²) in [6.45, 7) is 9.96. The van der Waals surface area contributed by atoms with Crippen LogP contribution < -0.4 is 15.4 Å². The van der Waals surface area contributed by atoms with Crippen molar-refractivity contribution in [1.82, 2.24) is 24.8 Å². The predicted molar refractivity (Wildman–Crippen MR) is 126 cm³/mol. The molecular weight excluding hydrogens is 406 g/mol. The molecule has 1 aromatic carbocycles. The van der Waals surface area contributed by atoms with Gasteiger partial charge in [-0.2, -0.15) is 0 Å². The Balaban J connectivity index is 1.40. The highest BCUT2D eigenvalue weighted by atomic mass is 16.5. The van der Waals surface area contributed by atoms with Crippen molar-refractivity contribution in [3.63, 3.8) is 0 Å². The van der Waals surface area contributed by atoms with Crippen molar-refractivity contribution in [2.75, 3.05) is 57.8 Å². The van der Waals surface area contributed by atoms with Gasteiger partial charge in [0, 0.05) is 45.0 Å². The van der Waals surface area contributed by atoms with Crippen LogP contribution in [0.3, 0.4) is 0 Å². The van der Waals surface area contributed by atoms with Crippen molar-refractivity contribution < 1.29 is 9.53 Å². The summed E-state index contributed by atoms with van der Waals surface area (Å²) in [6, 6.07) is 9.32. The summed E-state index contributed by atoms with van der Waals surface area (Å²) >= 11 is 0. The molecule has 3 N–H and O–H groups in total. The van der Waals surface area contributed by atoms with Gasteiger partial charge in [-0.1, -0.05) is 13.0 Å². The van der Waals surface area contributed by atoms with Crippen molar-refractivity contribution in [3.05, 3.63) is 36.5 Å². The van der Waals surface area contributed by atoms with E-state index < -0.39 is 6.09 Å². The van der Waals surface area contributed by atoms with Crippen molar-refractivity contribution >= 4 is 22.9 Å². The molecule has 0 saturated carbocycles. The second-order valence-electron chi connectivity index (χ2n) is 8.11. The Morgan fingerprint density at radius 1 is 1.19 bits per heavy atom. The molecule has 0 bridgehead atoms. The Hall–Kier alpha value is -3.17. The van der Waals surface area contributed by atoms with Gasteiger partial charge in [0.2, 0.25) is 0 Å². The maximum absolute atomic E-state index is 11.1. The molecule has 0 unspecified atom stereocenters. The minimum absolute atomic E-state index is 0.331. The number of hydrogen-bond acceptors (Lipinski definition) is 7. The number of likely N-dealkylation sites (N-methyl/N-ethyl adjacent to an activating group) is 2. The van der Waals surface area contributed by atoms with Crippen LogP contribution in [-0.2, 0) is 0 Å². The van der Waals surface area contributed by atoms with Crippen LogP contribution in [-0.4, -0.2) is 83.7 Å². The minimum atomic E-state index is -0.862. The number of nitrogens with two attached hydrogens (primary N) is 1. The number of carbonyl (C=O) groups excluding carboxylic acids is 1. The van der Waals surface area contributed by atoms with E-state index in [0.717, 1.165) is 56.2 Å². The molecule has 170 valence electrons. The van der Waals surface area contributed by atoms with Crippen LogP contribution in [0.4, 0.5) is 10.6 Å². The lowest BCUT2D eigenvalue weighted by Gasteiger charge is -2.25. The smallest absolute Gasteiger partial charge is 0.408 e. The van der Waals surface area contributed by atoms with Gasteiger partial charge >= 0.3 is 6.09 Å². The number of imidazole rings is 1. The van der Waals surface area contributed by atoms with Gasteiger partial charge in [0.15, 0.2) is 5.75 Å². The number of ether oxygens (including phenoxy) is 1. The van der Waals surface area contributed by atoms with Gasteiger partial charge in [0.1, 0.15) is 17.2 Å². The summed E-state index contributed by atoms with van der Waals surface area (Å²) in [6.07, 6.45) is 2.18. The SMILES string of the molecule is CCN1CCCN(CCN(C)c2ccc(-c3nc4c(OC(N)=O)cccc4[nH]3)cn2)CC1. The van der Waals surface area contributed by atoms with E-state index in [1.165, 1.54) is 13.0 Å². The maximum Gasteiger partial charge on any atom is 0.410 e. The Labute approximate surface area is 188 Å². The molecule has 32 heavy (non-hydrogen) atoms. The molecule has 0 radical (unpaired) electrons. The van der Waals surface area contributed by atoms with E-state index in [-0.39, 0.29) is 0 Å². The number of amides is 1. The number of aromatic nitrogens is 3. The Bertz CT molecular complexity index is 1050. The lowest BCUT2D eigenvalue weighted by Crippen LogP contribution is -2.36. The highest BCUT2D eigenvalue weighted by Crippen LogP contribution is 2.27. The van der Waals surface area contributed by atoms with Crippen LogP contribution in [0.15, 0.2) is 36.5 Å². The molecule has 4 rings (SSSR count). The predicted octanol–water partition coefficient (Wildman–Crippen LogP) is 2.55. The molecule has 1 aliphatic rings. The van der Waals surface area contributed by atoms with Gasteiger partial charge in [-0.25, -0.2) is 14.8 Å². The molecule has 3 heterocycles. The third-order valence-corrected chi connectivity index (χ3v) is 5.98. The quantitative estimate of drug-likeness (QED) is 0.585. The first-order chi connectivity index (χ1) is 15.5. The largest absolute Gasteiger partial charge is 0.410 e. The average molecular weight is 438 g/mol. The highest BCUT2D eigenvalue weighted by Gasteiger charge is 2.15. The van der Waals surface area contributed by atoms with E-state index in [1.807, 2.05) is 24.4 Å². The first-order valence-corrected chi connectivity index (χ1v) is 11.1. The van der Waals surface area contributed by atoms with E-state index in [9.17, 15) is 4.79 Å². The third kappa shape index (κ3) is 5.17. The van der Waals surface area contributed by atoms with Crippen LogP contribution in [0.25, 0.3) is 22.4 Å². The summed E-state index contributed by atoms with van der Waals surface area (Å²) in [5, 5.41) is 0. The monoisotopic (exact) mass is 437 g/mol. The highest BCUT2D eigenvalue weighted by molar-refractivity contribution is 5.87. The number of aromatic amines is 1. The van der Waals surface area contributed by atoms with Crippen molar-refractivity contribution in [2.24, 2.45) is 5.73 Å². The van der Waals surface area contributed by atoms with Crippen molar-refractivity contribution in [1.29, 1.82) is 0 Å². The topological polar surface area (TPSA) is 104 Å². The summed E-state index contributed by atoms with van der Waals surface area (Å²) in [5.74, 6) is 1.91.